The lowest BCUT2D eigenvalue weighted by Gasteiger charge is -2.29. The Morgan fingerprint density at radius 3 is 2.79 bits per heavy atom. The molecule has 0 aliphatic carbocycles. The van der Waals surface area contributed by atoms with Gasteiger partial charge in [-0.1, -0.05) is 11.6 Å². The number of nitrogens with zero attached hydrogens (tertiary/aromatic N) is 1. The van der Waals surface area contributed by atoms with Crippen LogP contribution in [-0.4, -0.2) is 36.9 Å². The summed E-state index contributed by atoms with van der Waals surface area (Å²) < 4.78 is 26.7. The van der Waals surface area contributed by atoms with E-state index < -0.39 is 21.9 Å². The topological polar surface area (TPSA) is 74.7 Å². The van der Waals surface area contributed by atoms with Gasteiger partial charge in [0, 0.05) is 13.1 Å². The Kier molecular flexibility index (Phi) is 4.56. The summed E-state index contributed by atoms with van der Waals surface area (Å²) in [4.78, 5) is 11.0. The number of aliphatic carboxylic acids is 1. The van der Waals surface area contributed by atoms with Crippen molar-refractivity contribution in [1.29, 1.82) is 0 Å². The minimum absolute atomic E-state index is 0.0187. The summed E-state index contributed by atoms with van der Waals surface area (Å²) in [6.45, 7) is 0.365. The zero-order valence-corrected chi connectivity index (χ0v) is 13.6. The summed E-state index contributed by atoms with van der Waals surface area (Å²) in [6, 6.07) is 1.38. The lowest BCUT2D eigenvalue weighted by atomic mass is 10.0. The molecule has 1 aliphatic heterocycles. The smallest absolute Gasteiger partial charge is 0.307 e. The van der Waals surface area contributed by atoms with Crippen molar-refractivity contribution >= 4 is 54.9 Å². The lowest BCUT2D eigenvalue weighted by Crippen LogP contribution is -2.41. The van der Waals surface area contributed by atoms with E-state index >= 15 is 0 Å². The molecule has 0 unspecified atom stereocenters. The first-order valence-corrected chi connectivity index (χ1v) is 8.93. The highest BCUT2D eigenvalue weighted by Gasteiger charge is 2.34. The van der Waals surface area contributed by atoms with Crippen LogP contribution in [0.5, 0.6) is 0 Å². The van der Waals surface area contributed by atoms with Gasteiger partial charge in [-0.05, 0) is 34.8 Å². The van der Waals surface area contributed by atoms with Crippen molar-refractivity contribution in [3.8, 4) is 0 Å². The molecule has 0 amide bonds. The van der Waals surface area contributed by atoms with E-state index in [0.717, 1.165) is 11.3 Å². The van der Waals surface area contributed by atoms with E-state index in [2.05, 4.69) is 15.9 Å². The predicted molar refractivity (Wildman–Crippen MR) is 76.1 cm³/mol. The highest BCUT2D eigenvalue weighted by Crippen LogP contribution is 2.36. The van der Waals surface area contributed by atoms with Crippen LogP contribution >= 0.6 is 38.9 Å². The molecule has 1 aromatic rings. The van der Waals surface area contributed by atoms with Crippen molar-refractivity contribution in [2.24, 2.45) is 5.92 Å². The van der Waals surface area contributed by atoms with Crippen LogP contribution in [0, 0.1) is 5.92 Å². The number of rotatable bonds is 3. The van der Waals surface area contributed by atoms with E-state index in [0.29, 0.717) is 28.2 Å². The van der Waals surface area contributed by atoms with Crippen LogP contribution < -0.4 is 0 Å². The largest absolute Gasteiger partial charge is 0.481 e. The molecule has 2 heterocycles. The Bertz CT molecular complexity index is 581. The number of thiophene rings is 1. The molecular weight excluding hydrogens is 378 g/mol. The first-order valence-electron chi connectivity index (χ1n) is 5.50. The summed E-state index contributed by atoms with van der Waals surface area (Å²) in [5, 5.41) is 9.34. The number of sulfonamides is 1. The van der Waals surface area contributed by atoms with Crippen LogP contribution in [0.1, 0.15) is 12.8 Å². The molecule has 1 aliphatic rings. The monoisotopic (exact) mass is 387 g/mol. The first kappa shape index (κ1) is 15.2. The summed E-state index contributed by atoms with van der Waals surface area (Å²) >= 11 is 10.0. The fourth-order valence-electron chi connectivity index (χ4n) is 1.94. The van der Waals surface area contributed by atoms with Gasteiger partial charge < -0.3 is 5.11 Å². The van der Waals surface area contributed by atoms with Gasteiger partial charge in [-0.3, -0.25) is 4.79 Å². The van der Waals surface area contributed by atoms with E-state index in [4.69, 9.17) is 16.7 Å². The molecule has 106 valence electrons. The van der Waals surface area contributed by atoms with Crippen molar-refractivity contribution in [2.75, 3.05) is 13.1 Å². The van der Waals surface area contributed by atoms with E-state index in [1.807, 2.05) is 0 Å². The summed E-state index contributed by atoms with van der Waals surface area (Å²) in [7, 11) is -3.66. The molecule has 1 aromatic heterocycles. The van der Waals surface area contributed by atoms with Crippen LogP contribution in [0.4, 0.5) is 0 Å². The molecule has 0 spiro atoms. The summed E-state index contributed by atoms with van der Waals surface area (Å²) in [5.74, 6) is -1.59. The van der Waals surface area contributed by atoms with Gasteiger partial charge in [0.05, 0.1) is 14.7 Å². The fourth-order valence-corrected chi connectivity index (χ4v) is 6.02. The third-order valence-corrected chi connectivity index (χ3v) is 7.74. The van der Waals surface area contributed by atoms with Gasteiger partial charge in [-0.2, -0.15) is 4.31 Å². The Morgan fingerprint density at radius 2 is 2.26 bits per heavy atom. The van der Waals surface area contributed by atoms with Crippen molar-refractivity contribution in [3.63, 3.8) is 0 Å². The number of carbonyl (C=O) groups is 1. The maximum Gasteiger partial charge on any atom is 0.307 e. The van der Waals surface area contributed by atoms with Crippen LogP contribution in [0.3, 0.4) is 0 Å². The van der Waals surface area contributed by atoms with Gasteiger partial charge in [0.2, 0.25) is 0 Å². The molecule has 0 bridgehead atoms. The number of hydrogen-bond donors (Lipinski definition) is 1. The lowest BCUT2D eigenvalue weighted by molar-refractivity contribution is -0.142. The minimum Gasteiger partial charge on any atom is -0.481 e. The van der Waals surface area contributed by atoms with Gasteiger partial charge in [0.1, 0.15) is 4.21 Å². The third kappa shape index (κ3) is 3.13. The molecule has 1 N–H and O–H groups in total. The van der Waals surface area contributed by atoms with Gasteiger partial charge in [-0.25, -0.2) is 8.42 Å². The highest BCUT2D eigenvalue weighted by atomic mass is 79.9. The zero-order chi connectivity index (χ0) is 14.2. The average molecular weight is 389 g/mol. The number of carboxylic acid groups (broad SMARTS) is 1. The van der Waals surface area contributed by atoms with Crippen molar-refractivity contribution in [2.45, 2.75) is 17.1 Å². The molecule has 0 saturated carbocycles. The van der Waals surface area contributed by atoms with Crippen LogP contribution in [0.2, 0.25) is 5.02 Å². The van der Waals surface area contributed by atoms with Gasteiger partial charge in [-0.15, -0.1) is 11.3 Å². The number of halogens is 2. The van der Waals surface area contributed by atoms with E-state index in [1.54, 1.807) is 0 Å². The molecule has 19 heavy (non-hydrogen) atoms. The molecule has 1 fully saturated rings. The predicted octanol–water partition coefficient (Wildman–Crippen LogP) is 2.65. The molecule has 0 radical (unpaired) electrons. The third-order valence-electron chi connectivity index (χ3n) is 2.95. The van der Waals surface area contributed by atoms with Crippen LogP contribution in [-0.2, 0) is 14.8 Å². The molecule has 1 saturated heterocycles. The maximum absolute atomic E-state index is 12.4. The molecule has 9 heteroatoms. The minimum atomic E-state index is -3.66. The van der Waals surface area contributed by atoms with Crippen LogP contribution in [0.15, 0.2) is 14.1 Å². The molecule has 2 rings (SSSR count). The molecular formula is C10H11BrClNO4S2. The van der Waals surface area contributed by atoms with Crippen LogP contribution in [0.25, 0.3) is 0 Å². The second-order valence-electron chi connectivity index (χ2n) is 4.23. The Hall–Kier alpha value is -0.150. The molecule has 5 nitrogen and oxygen atoms in total. The van der Waals surface area contributed by atoms with Gasteiger partial charge in [0.25, 0.3) is 10.0 Å². The van der Waals surface area contributed by atoms with Crippen molar-refractivity contribution < 1.29 is 18.3 Å². The molecule has 0 aromatic carbocycles. The zero-order valence-electron chi connectivity index (χ0n) is 9.67. The summed E-state index contributed by atoms with van der Waals surface area (Å²) in [5.41, 5.74) is 0. The van der Waals surface area contributed by atoms with Gasteiger partial charge >= 0.3 is 5.97 Å². The normalized spacial score (nSPS) is 21.5. The fraction of sp³-hybridized carbons (Fsp3) is 0.500. The first-order chi connectivity index (χ1) is 8.82. The Balaban J connectivity index is 2.26. The number of hydrogen-bond acceptors (Lipinski definition) is 4. The quantitative estimate of drug-likeness (QED) is 0.864. The van der Waals surface area contributed by atoms with E-state index in [1.165, 1.54) is 10.4 Å². The van der Waals surface area contributed by atoms with E-state index in [-0.39, 0.29) is 10.8 Å². The van der Waals surface area contributed by atoms with Crippen molar-refractivity contribution in [1.82, 2.24) is 4.31 Å². The Morgan fingerprint density at radius 1 is 1.58 bits per heavy atom. The Labute approximate surface area is 128 Å². The van der Waals surface area contributed by atoms with E-state index in [9.17, 15) is 13.2 Å². The maximum atomic E-state index is 12.4. The molecule has 1 atom stereocenters. The number of carboxylic acids is 1. The standard InChI is InChI=1S/C10H11BrClNO4S2/c11-9-7(12)4-8(18-9)19(16,17)13-3-1-2-6(5-13)10(14)15/h4,6H,1-3,5H2,(H,14,15)/t6-/m1/s1. The second kappa shape index (κ2) is 5.69. The number of piperidine rings is 1. The highest BCUT2D eigenvalue weighted by molar-refractivity contribution is 9.11. The SMILES string of the molecule is O=C(O)[C@@H]1CCCN(S(=O)(=O)c2cc(Cl)c(Br)s2)C1. The summed E-state index contributed by atoms with van der Waals surface area (Å²) in [6.07, 6.45) is 1.06. The second-order valence-corrected chi connectivity index (χ2v) is 9.17. The van der Waals surface area contributed by atoms with Crippen molar-refractivity contribution in [3.05, 3.63) is 14.9 Å². The average Bonchev–Trinajstić information content (AvgIpc) is 2.70. The van der Waals surface area contributed by atoms with Gasteiger partial charge in [0.15, 0.2) is 0 Å².